The topological polar surface area (TPSA) is 314 Å². The molecule has 0 saturated carbocycles. The smallest absolute Gasteiger partial charge is 0.271 e. The standard InChI is InChI=1S/C34H31N17O4.C2H6/c1-6-8-10-49-30(52)21(12-35)19(3)28-32(49)54-48(5)55-33-29(20(4)22(13-36)31(53)50(33)11-9-7-2)46-47-34-43-25(16-39)26(17-40)51(34)18-27(44-45-28)42-24(15-38)23(41)14-37;1-2/h6-11,18,41H2,1-5H3;1-2H3/b24-23-,42-27?,45-44?,47-46?;. The number of nitriles is 6. The van der Waals surface area contributed by atoms with E-state index < -0.39 is 34.9 Å². The number of nitrogens with zero attached hydrogens (tertiary/aromatic N) is 16. The van der Waals surface area contributed by atoms with Crippen molar-refractivity contribution in [1.82, 2.24) is 23.9 Å². The highest BCUT2D eigenvalue weighted by Crippen LogP contribution is 2.37. The van der Waals surface area contributed by atoms with Crippen LogP contribution < -0.4 is 26.5 Å². The zero-order chi connectivity index (χ0) is 42.4. The fourth-order valence-corrected chi connectivity index (χ4v) is 5.19. The van der Waals surface area contributed by atoms with Crippen LogP contribution in [-0.4, -0.2) is 36.8 Å². The van der Waals surface area contributed by atoms with Crippen molar-refractivity contribution in [2.75, 3.05) is 7.05 Å². The number of aliphatic imine (C=N–C) groups is 1. The van der Waals surface area contributed by atoms with Crippen LogP contribution in [0.4, 0.5) is 17.3 Å². The van der Waals surface area contributed by atoms with Gasteiger partial charge in [0.15, 0.2) is 34.3 Å². The molecule has 21 nitrogen and oxygen atoms in total. The lowest BCUT2D eigenvalue weighted by molar-refractivity contribution is -0.243. The molecular formula is C36H37N17O4. The number of hydroxylamine groups is 2. The van der Waals surface area contributed by atoms with Crippen molar-refractivity contribution in [3.05, 3.63) is 65.7 Å². The summed E-state index contributed by atoms with van der Waals surface area (Å²) >= 11 is 0. The Morgan fingerprint density at radius 3 is 1.70 bits per heavy atom. The van der Waals surface area contributed by atoms with E-state index in [1.54, 1.807) is 18.2 Å². The molecular weight excluding hydrogens is 735 g/mol. The molecule has 1 aliphatic heterocycles. The average molecular weight is 772 g/mol. The largest absolute Gasteiger partial charge is 0.388 e. The Labute approximate surface area is 326 Å². The molecule has 0 spiro atoms. The van der Waals surface area contributed by atoms with Gasteiger partial charge in [-0.05, 0) is 26.7 Å². The number of aromatic nitrogens is 4. The van der Waals surface area contributed by atoms with Crippen LogP contribution in [0.5, 0.6) is 11.8 Å². The Kier molecular flexibility index (Phi) is 15.2. The molecule has 0 bridgehead atoms. The summed E-state index contributed by atoms with van der Waals surface area (Å²) in [4.78, 5) is 47.9. The number of pyridine rings is 2. The van der Waals surface area contributed by atoms with Crippen molar-refractivity contribution in [3.63, 3.8) is 0 Å². The zero-order valence-electron chi connectivity index (χ0n) is 32.3. The van der Waals surface area contributed by atoms with Gasteiger partial charge in [0.1, 0.15) is 53.2 Å². The third kappa shape index (κ3) is 9.05. The molecule has 0 amide bonds. The van der Waals surface area contributed by atoms with E-state index in [0.717, 1.165) is 14.4 Å². The number of unbranched alkanes of at least 4 members (excludes halogenated alkanes) is 2. The molecule has 3 aromatic heterocycles. The van der Waals surface area contributed by atoms with Crippen molar-refractivity contribution in [3.8, 4) is 48.2 Å². The lowest BCUT2D eigenvalue weighted by Crippen LogP contribution is -2.35. The van der Waals surface area contributed by atoms with Crippen molar-refractivity contribution >= 4 is 23.2 Å². The summed E-state index contributed by atoms with van der Waals surface area (Å²) in [5.74, 6) is -1.25. The number of azo groups is 2. The summed E-state index contributed by atoms with van der Waals surface area (Å²) in [6.07, 6.45) is 2.21. The van der Waals surface area contributed by atoms with Crippen LogP contribution >= 0.6 is 0 Å². The third-order valence-corrected chi connectivity index (χ3v) is 8.08. The number of nitrogens with two attached hydrogens (primary N) is 1. The minimum absolute atomic E-state index is 0.0243. The van der Waals surface area contributed by atoms with Gasteiger partial charge in [-0.25, -0.2) is 4.99 Å². The first-order valence-corrected chi connectivity index (χ1v) is 17.5. The summed E-state index contributed by atoms with van der Waals surface area (Å²) < 4.78 is 3.40. The van der Waals surface area contributed by atoms with Crippen molar-refractivity contribution in [2.24, 2.45) is 31.2 Å². The van der Waals surface area contributed by atoms with E-state index in [1.807, 2.05) is 45.9 Å². The van der Waals surface area contributed by atoms with Gasteiger partial charge in [-0.15, -0.1) is 20.5 Å². The van der Waals surface area contributed by atoms with Gasteiger partial charge < -0.3 is 15.4 Å². The Hall–Kier alpha value is -7.98. The molecule has 4 rings (SSSR count). The minimum Gasteiger partial charge on any atom is -0.388 e. The first-order chi connectivity index (χ1) is 27.4. The number of allylic oxidation sites excluding steroid dienone is 2. The SMILES string of the molecule is CC.CCCCn1c2c(c(C)c(C#N)c1=O)N=NC(=N/C(C#N)=C(\N)C#N)Cn1c(nc(C#N)c1C#N)N=Nc1c(C)c(C#N)c(=O)n(CCCC)c1ON(C)O2. The van der Waals surface area contributed by atoms with Gasteiger partial charge in [0.2, 0.25) is 0 Å². The van der Waals surface area contributed by atoms with E-state index in [-0.39, 0.29) is 75.8 Å². The normalized spacial score (nSPS) is 13.3. The molecule has 3 aromatic rings. The fraction of sp³-hybridized carbons (Fsp3) is 0.389. The van der Waals surface area contributed by atoms with E-state index in [1.165, 1.54) is 25.5 Å². The van der Waals surface area contributed by atoms with Crippen LogP contribution in [0, 0.1) is 81.8 Å². The molecule has 0 saturated heterocycles. The molecule has 0 unspecified atom stereocenters. The van der Waals surface area contributed by atoms with Crippen LogP contribution in [0.2, 0.25) is 0 Å². The summed E-state index contributed by atoms with van der Waals surface area (Å²) in [6, 6.07) is 10.8. The fourth-order valence-electron chi connectivity index (χ4n) is 5.19. The number of hydrogen-bond donors (Lipinski definition) is 1. The van der Waals surface area contributed by atoms with Gasteiger partial charge in [-0.2, -0.15) is 36.6 Å². The monoisotopic (exact) mass is 771 g/mol. The summed E-state index contributed by atoms with van der Waals surface area (Å²) in [5, 5.41) is 77.0. The number of amidine groups is 1. The van der Waals surface area contributed by atoms with Crippen molar-refractivity contribution in [1.29, 1.82) is 31.6 Å². The molecule has 0 aromatic carbocycles. The van der Waals surface area contributed by atoms with Crippen molar-refractivity contribution < 1.29 is 9.68 Å². The second kappa shape index (κ2) is 19.9. The molecule has 21 heteroatoms. The van der Waals surface area contributed by atoms with Crippen LogP contribution in [-0.2, 0) is 19.6 Å². The molecule has 0 atom stereocenters. The van der Waals surface area contributed by atoms with Crippen LogP contribution in [0.3, 0.4) is 0 Å². The molecule has 57 heavy (non-hydrogen) atoms. The van der Waals surface area contributed by atoms with Gasteiger partial charge >= 0.3 is 0 Å². The predicted molar refractivity (Wildman–Crippen MR) is 201 cm³/mol. The van der Waals surface area contributed by atoms with E-state index in [2.05, 4.69) is 30.4 Å². The van der Waals surface area contributed by atoms with E-state index >= 15 is 0 Å². The highest BCUT2D eigenvalue weighted by Gasteiger charge is 2.28. The molecule has 0 radical (unpaired) electrons. The highest BCUT2D eigenvalue weighted by atomic mass is 17.0. The number of imidazole rings is 1. The maximum absolute atomic E-state index is 13.7. The Bertz CT molecular complexity index is 2570. The number of hydrogen-bond acceptors (Lipinski definition) is 17. The Morgan fingerprint density at radius 1 is 0.772 bits per heavy atom. The number of fused-ring (bicyclic) bond motifs is 3. The summed E-state index contributed by atoms with van der Waals surface area (Å²) in [6.45, 7) is 10.2. The lowest BCUT2D eigenvalue weighted by Gasteiger charge is -2.24. The Balaban J connectivity index is 0.00000428. The maximum Gasteiger partial charge on any atom is 0.271 e. The van der Waals surface area contributed by atoms with E-state index in [0.29, 0.717) is 25.7 Å². The van der Waals surface area contributed by atoms with Gasteiger partial charge in [0, 0.05) is 29.4 Å². The first-order valence-electron chi connectivity index (χ1n) is 17.5. The van der Waals surface area contributed by atoms with Crippen LogP contribution in [0.25, 0.3) is 0 Å². The van der Waals surface area contributed by atoms with E-state index in [9.17, 15) is 41.2 Å². The highest BCUT2D eigenvalue weighted by molar-refractivity contribution is 5.85. The predicted octanol–water partition coefficient (Wildman–Crippen LogP) is 5.28. The maximum atomic E-state index is 13.7. The number of rotatable bonds is 7. The molecule has 0 aliphatic carbocycles. The van der Waals surface area contributed by atoms with Crippen molar-refractivity contribution in [2.45, 2.75) is 86.9 Å². The van der Waals surface area contributed by atoms with Gasteiger partial charge in [0.05, 0.1) is 13.6 Å². The average Bonchev–Trinajstić information content (AvgIpc) is 3.55. The minimum atomic E-state index is -0.714. The first kappa shape index (κ1) is 43.4. The molecule has 0 fully saturated rings. The van der Waals surface area contributed by atoms with E-state index in [4.69, 9.17) is 15.4 Å². The molecule has 2 N–H and O–H groups in total. The second-order valence-corrected chi connectivity index (χ2v) is 11.6. The second-order valence-electron chi connectivity index (χ2n) is 11.6. The van der Waals surface area contributed by atoms with Gasteiger partial charge in [0.25, 0.3) is 28.8 Å². The summed E-state index contributed by atoms with van der Waals surface area (Å²) in [7, 11) is 1.30. The van der Waals surface area contributed by atoms with Crippen LogP contribution in [0.1, 0.15) is 87.0 Å². The molecule has 290 valence electrons. The van der Waals surface area contributed by atoms with Gasteiger partial charge in [-0.1, -0.05) is 40.5 Å². The Morgan fingerprint density at radius 2 is 1.28 bits per heavy atom. The van der Waals surface area contributed by atoms with Crippen LogP contribution in [0.15, 0.2) is 46.4 Å². The molecule has 1 aliphatic rings. The third-order valence-electron chi connectivity index (χ3n) is 8.08. The quantitative estimate of drug-likeness (QED) is 0.299. The summed E-state index contributed by atoms with van der Waals surface area (Å²) in [5.41, 5.74) is 1.65. The van der Waals surface area contributed by atoms with Gasteiger partial charge in [-0.3, -0.25) is 23.3 Å². The zero-order valence-corrected chi connectivity index (χ0v) is 32.3. The molecule has 4 heterocycles. The lowest BCUT2D eigenvalue weighted by atomic mass is 10.1.